The van der Waals surface area contributed by atoms with E-state index < -0.39 is 10.4 Å². The summed E-state index contributed by atoms with van der Waals surface area (Å²) in [5.74, 6) is 5.42. The lowest BCUT2D eigenvalue weighted by atomic mass is 10.0. The lowest BCUT2D eigenvalue weighted by Gasteiger charge is -2.12. The Morgan fingerprint density at radius 3 is 1.33 bits per heavy atom. The van der Waals surface area contributed by atoms with Crippen LogP contribution in [0.15, 0.2) is 24.3 Å². The largest absolute Gasteiger partial charge is 0.491 e. The average Bonchev–Trinajstić information content (AvgIpc) is 3.17. The van der Waals surface area contributed by atoms with Crippen LogP contribution in [0.1, 0.15) is 69.9 Å². The van der Waals surface area contributed by atoms with Gasteiger partial charge in [0.2, 0.25) is 0 Å². The fraction of sp³-hybridized carbons (Fsp3) is 0.789. The second kappa shape index (κ2) is 38.1. The molecule has 0 amide bonds. The first-order valence-corrected chi connectivity index (χ1v) is 20.7. The van der Waals surface area contributed by atoms with Gasteiger partial charge >= 0.3 is 10.4 Å². The van der Waals surface area contributed by atoms with E-state index in [1.807, 2.05) is 13.0 Å². The number of benzene rings is 1. The molecule has 0 saturated carbocycles. The number of allylic oxidation sites excluding steroid dienone is 1. The molecule has 0 aliphatic rings. The second-order valence-corrected chi connectivity index (χ2v) is 13.2. The van der Waals surface area contributed by atoms with Gasteiger partial charge in [-0.1, -0.05) is 63.7 Å². The Bertz CT molecular complexity index is 1100. The number of ether oxygens (including phenoxy) is 10. The summed E-state index contributed by atoms with van der Waals surface area (Å²) in [4.78, 5) is 0. The van der Waals surface area contributed by atoms with E-state index in [0.29, 0.717) is 112 Å². The van der Waals surface area contributed by atoms with Gasteiger partial charge in [-0.2, -0.15) is 18.6 Å². The summed E-state index contributed by atoms with van der Waals surface area (Å²) in [5.41, 5.74) is 2.48. The molecular formula is C38H69NO14S. The highest BCUT2D eigenvalue weighted by Crippen LogP contribution is 2.23. The second-order valence-electron chi connectivity index (χ2n) is 11.9. The first-order chi connectivity index (χ1) is 26.5. The quantitative estimate of drug-likeness (QED) is 0.0714. The molecule has 2 N–H and O–H groups in total. The first kappa shape index (κ1) is 50.2. The van der Waals surface area contributed by atoms with Crippen molar-refractivity contribution >= 4 is 16.5 Å². The Morgan fingerprint density at radius 2 is 0.926 bits per heavy atom. The summed E-state index contributed by atoms with van der Waals surface area (Å²) in [7, 11) is -4.14. The summed E-state index contributed by atoms with van der Waals surface area (Å²) >= 11 is 0. The van der Waals surface area contributed by atoms with Crippen molar-refractivity contribution in [1.29, 1.82) is 0 Å². The van der Waals surface area contributed by atoms with Crippen LogP contribution in [0.3, 0.4) is 0 Å². The van der Waals surface area contributed by atoms with E-state index in [1.54, 1.807) is 0 Å². The highest BCUT2D eigenvalue weighted by Gasteiger charge is 2.09. The summed E-state index contributed by atoms with van der Waals surface area (Å²) in [6, 6.07) is 6.51. The summed E-state index contributed by atoms with van der Waals surface area (Å²) in [6.45, 7) is 12.4. The maximum absolute atomic E-state index is 10.8. The Hall–Kier alpha value is -1.77. The van der Waals surface area contributed by atoms with Gasteiger partial charge in [0.25, 0.3) is 0 Å². The molecular weight excluding hydrogens is 726 g/mol. The molecule has 0 saturated heterocycles. The molecule has 1 rings (SSSR count). The lowest BCUT2D eigenvalue weighted by Crippen LogP contribution is -2.18. The molecule has 0 bridgehead atoms. The van der Waals surface area contributed by atoms with Gasteiger partial charge in [-0.25, -0.2) is 4.18 Å². The van der Waals surface area contributed by atoms with Gasteiger partial charge in [0.1, 0.15) is 12.4 Å². The zero-order valence-electron chi connectivity index (χ0n) is 32.9. The monoisotopic (exact) mass is 795 g/mol. The maximum atomic E-state index is 10.8. The molecule has 0 heterocycles. The van der Waals surface area contributed by atoms with Crippen molar-refractivity contribution in [2.75, 3.05) is 132 Å². The van der Waals surface area contributed by atoms with Crippen molar-refractivity contribution in [2.24, 2.45) is 5.90 Å². The molecule has 54 heavy (non-hydrogen) atoms. The van der Waals surface area contributed by atoms with Crippen LogP contribution in [0, 0.1) is 0 Å². The molecule has 0 aliphatic carbocycles. The fourth-order valence-corrected chi connectivity index (χ4v) is 5.10. The van der Waals surface area contributed by atoms with Gasteiger partial charge in [-0.3, -0.25) is 0 Å². The summed E-state index contributed by atoms with van der Waals surface area (Å²) < 4.78 is 84.8. The number of nitrogens with two attached hydrogens (primary N) is 1. The van der Waals surface area contributed by atoms with Gasteiger partial charge in [-0.15, -0.1) is 0 Å². The van der Waals surface area contributed by atoms with Crippen LogP contribution in [0.4, 0.5) is 0 Å². The van der Waals surface area contributed by atoms with E-state index in [-0.39, 0.29) is 19.8 Å². The lowest BCUT2D eigenvalue weighted by molar-refractivity contribution is -0.0257. The number of aryl methyl sites for hydroxylation is 1. The molecule has 0 aromatic heterocycles. The molecule has 0 spiro atoms. The highest BCUT2D eigenvalue weighted by molar-refractivity contribution is 7.81. The molecule has 316 valence electrons. The molecule has 0 aliphatic heterocycles. The van der Waals surface area contributed by atoms with Crippen molar-refractivity contribution in [3.63, 3.8) is 0 Å². The van der Waals surface area contributed by atoms with Crippen LogP contribution >= 0.6 is 0 Å². The van der Waals surface area contributed by atoms with Crippen LogP contribution in [0.2, 0.25) is 0 Å². The van der Waals surface area contributed by atoms with E-state index >= 15 is 0 Å². The molecule has 0 unspecified atom stereocenters. The Morgan fingerprint density at radius 1 is 0.537 bits per heavy atom. The maximum Gasteiger partial charge on any atom is 0.415 e. The Kier molecular flexibility index (Phi) is 35.5. The van der Waals surface area contributed by atoms with Gasteiger partial charge in [-0.05, 0) is 37.5 Å². The molecule has 0 atom stereocenters. The molecule has 15 nitrogen and oxygen atoms in total. The zero-order chi connectivity index (χ0) is 39.1. The minimum atomic E-state index is -4.14. The van der Waals surface area contributed by atoms with E-state index in [4.69, 9.17) is 47.4 Å². The van der Waals surface area contributed by atoms with Crippen molar-refractivity contribution in [2.45, 2.75) is 65.2 Å². The SMILES string of the molecule is CC=Cc1cc(CCCCCCCCC)ccc1OCCOCCOCCOCCOCCOCCOCCOCCOCCOCCOS(=O)(=O)ON. The van der Waals surface area contributed by atoms with E-state index in [9.17, 15) is 8.42 Å². The number of unbranched alkanes of at least 4 members (excludes halogenated alkanes) is 6. The zero-order valence-corrected chi connectivity index (χ0v) is 33.7. The average molecular weight is 796 g/mol. The van der Waals surface area contributed by atoms with Crippen molar-refractivity contribution < 1.29 is 64.3 Å². The van der Waals surface area contributed by atoms with Crippen LogP contribution in [0.5, 0.6) is 5.75 Å². The fourth-order valence-electron chi connectivity index (χ4n) is 4.78. The van der Waals surface area contributed by atoms with Crippen LogP contribution in [0.25, 0.3) is 6.08 Å². The van der Waals surface area contributed by atoms with Crippen LogP contribution < -0.4 is 10.6 Å². The first-order valence-electron chi connectivity index (χ1n) is 19.4. The topological polar surface area (TPSA) is 171 Å². The van der Waals surface area contributed by atoms with Gasteiger partial charge in [0, 0.05) is 5.56 Å². The van der Waals surface area contributed by atoms with Crippen molar-refractivity contribution in [1.82, 2.24) is 0 Å². The van der Waals surface area contributed by atoms with Crippen LogP contribution in [-0.2, 0) is 67.9 Å². The minimum Gasteiger partial charge on any atom is -0.491 e. The predicted octanol–water partition coefficient (Wildman–Crippen LogP) is 4.69. The molecule has 1 aromatic carbocycles. The van der Waals surface area contributed by atoms with Gasteiger partial charge < -0.3 is 47.4 Å². The summed E-state index contributed by atoms with van der Waals surface area (Å²) in [6.07, 6.45) is 14.5. The molecule has 0 radical (unpaired) electrons. The molecule has 1 aromatic rings. The normalized spacial score (nSPS) is 12.0. The number of hydrogen-bond donors (Lipinski definition) is 1. The third kappa shape index (κ3) is 32.5. The Labute approximate surface area is 324 Å². The standard InChI is InChI=1S/C38H69NO14S/c1-3-5-6-7-8-9-10-12-36-13-14-38(37(35-36)11-4-2)51-33-31-49-29-27-47-25-23-45-21-19-43-17-15-42-16-18-44-20-22-46-24-26-48-28-30-50-32-34-52-54(40,41)53-39/h4,11,13-14,35H,3,5-10,12,15-34,39H2,1-2H3. The Balaban J connectivity index is 1.81. The smallest absolute Gasteiger partial charge is 0.415 e. The predicted molar refractivity (Wildman–Crippen MR) is 206 cm³/mol. The summed E-state index contributed by atoms with van der Waals surface area (Å²) in [5, 5.41) is 0. The minimum absolute atomic E-state index is 0.0621. The van der Waals surface area contributed by atoms with E-state index in [2.05, 4.69) is 45.6 Å². The molecule has 0 fully saturated rings. The third-order valence-corrected chi connectivity index (χ3v) is 8.21. The number of rotatable bonds is 42. The van der Waals surface area contributed by atoms with E-state index in [0.717, 1.165) is 17.7 Å². The highest BCUT2D eigenvalue weighted by atomic mass is 32.3. The van der Waals surface area contributed by atoms with Crippen LogP contribution in [-0.4, -0.2) is 141 Å². The van der Waals surface area contributed by atoms with Crippen molar-refractivity contribution in [3.8, 4) is 5.75 Å². The van der Waals surface area contributed by atoms with Gasteiger partial charge in [0.05, 0.1) is 126 Å². The molecule has 16 heteroatoms. The van der Waals surface area contributed by atoms with Gasteiger partial charge in [0.15, 0.2) is 0 Å². The van der Waals surface area contributed by atoms with Crippen molar-refractivity contribution in [3.05, 3.63) is 35.4 Å². The third-order valence-electron chi connectivity index (χ3n) is 7.52. The van der Waals surface area contributed by atoms with E-state index in [1.165, 1.54) is 50.5 Å². The number of hydrogen-bond acceptors (Lipinski definition) is 15.